The summed E-state index contributed by atoms with van der Waals surface area (Å²) in [6.07, 6.45) is 3.88. The topological polar surface area (TPSA) is 40.6 Å². The van der Waals surface area contributed by atoms with Gasteiger partial charge in [0.15, 0.2) is 0 Å². The highest BCUT2D eigenvalue weighted by molar-refractivity contribution is 8.17. The van der Waals surface area contributed by atoms with Crippen LogP contribution in [0, 0.1) is 0 Å². The Hall–Kier alpha value is -0.360. The molecule has 0 radical (unpaired) electrons. The summed E-state index contributed by atoms with van der Waals surface area (Å²) in [4.78, 5) is 27.6. The molecule has 6 heteroatoms. The highest BCUT2D eigenvalue weighted by atomic mass is 32.2. The van der Waals surface area contributed by atoms with Gasteiger partial charge in [0, 0.05) is 12.1 Å². The van der Waals surface area contributed by atoms with Crippen LogP contribution in [0.2, 0.25) is 0 Å². The van der Waals surface area contributed by atoms with E-state index >= 15 is 0 Å². The molecule has 1 rings (SSSR count). The van der Waals surface area contributed by atoms with Crippen molar-refractivity contribution in [2.45, 2.75) is 44.1 Å². The van der Waals surface area contributed by atoms with Crippen LogP contribution in [0.3, 0.4) is 0 Å². The van der Waals surface area contributed by atoms with Gasteiger partial charge in [0.25, 0.3) is 0 Å². The number of hydrogen-bond donors (Lipinski definition) is 0. The Labute approximate surface area is 111 Å². The van der Waals surface area contributed by atoms with Crippen molar-refractivity contribution in [2.75, 3.05) is 12.5 Å². The highest BCUT2D eigenvalue weighted by Crippen LogP contribution is 2.47. The van der Waals surface area contributed by atoms with Gasteiger partial charge in [-0.15, -0.1) is 23.5 Å². The van der Waals surface area contributed by atoms with E-state index in [0.717, 1.165) is 0 Å². The first-order valence-electron chi connectivity index (χ1n) is 5.60. The third-order valence-electron chi connectivity index (χ3n) is 2.79. The maximum atomic E-state index is 12.1. The third kappa shape index (κ3) is 2.05. The minimum atomic E-state index is -0.601. The van der Waals surface area contributed by atoms with Gasteiger partial charge < -0.3 is 0 Å². The number of rotatable bonds is 4. The van der Waals surface area contributed by atoms with Crippen LogP contribution in [0.1, 0.15) is 27.7 Å². The SMILES string of the molecule is CSC1(SC)N(C(C)C)C(=O)C(=O)N1C(C)C. The first-order valence-corrected chi connectivity index (χ1v) is 8.05. The van der Waals surface area contributed by atoms with Crippen molar-refractivity contribution in [3.8, 4) is 0 Å². The Morgan fingerprint density at radius 1 is 0.882 bits per heavy atom. The second-order valence-electron chi connectivity index (χ2n) is 4.49. The maximum Gasteiger partial charge on any atom is 0.315 e. The molecule has 0 bridgehead atoms. The van der Waals surface area contributed by atoms with Crippen molar-refractivity contribution in [3.05, 3.63) is 0 Å². The van der Waals surface area contributed by atoms with Crippen LogP contribution in [0.5, 0.6) is 0 Å². The molecule has 0 saturated carbocycles. The minimum Gasteiger partial charge on any atom is -0.291 e. The molecule has 17 heavy (non-hydrogen) atoms. The van der Waals surface area contributed by atoms with E-state index in [0.29, 0.717) is 0 Å². The number of carbonyl (C=O) groups excluding carboxylic acids is 2. The fourth-order valence-corrected chi connectivity index (χ4v) is 4.81. The summed E-state index contributed by atoms with van der Waals surface area (Å²) < 4.78 is -0.601. The molecule has 1 heterocycles. The quantitative estimate of drug-likeness (QED) is 0.580. The van der Waals surface area contributed by atoms with Crippen LogP contribution >= 0.6 is 23.5 Å². The zero-order valence-corrected chi connectivity index (χ0v) is 12.8. The predicted molar refractivity (Wildman–Crippen MR) is 73.7 cm³/mol. The molecule has 98 valence electrons. The van der Waals surface area contributed by atoms with Gasteiger partial charge in [0.05, 0.1) is 0 Å². The number of thioether (sulfide) groups is 2. The van der Waals surface area contributed by atoms with Crippen molar-refractivity contribution in [1.82, 2.24) is 9.80 Å². The Morgan fingerprint density at radius 3 is 1.35 bits per heavy atom. The van der Waals surface area contributed by atoms with E-state index in [2.05, 4.69) is 0 Å². The highest BCUT2D eigenvalue weighted by Gasteiger charge is 2.57. The van der Waals surface area contributed by atoms with E-state index in [1.54, 1.807) is 9.80 Å². The lowest BCUT2D eigenvalue weighted by Gasteiger charge is -2.43. The van der Waals surface area contributed by atoms with Crippen LogP contribution in [0.4, 0.5) is 0 Å². The second-order valence-corrected chi connectivity index (χ2v) is 6.71. The number of amides is 2. The molecular weight excluding hydrogens is 256 g/mol. The average Bonchev–Trinajstić information content (AvgIpc) is 2.48. The van der Waals surface area contributed by atoms with E-state index < -0.39 is 16.1 Å². The van der Waals surface area contributed by atoms with E-state index in [1.807, 2.05) is 40.2 Å². The van der Waals surface area contributed by atoms with E-state index in [4.69, 9.17) is 0 Å². The molecule has 0 atom stereocenters. The van der Waals surface area contributed by atoms with E-state index in [-0.39, 0.29) is 12.1 Å². The summed E-state index contributed by atoms with van der Waals surface area (Å²) in [5.41, 5.74) is 0. The van der Waals surface area contributed by atoms with Gasteiger partial charge in [-0.2, -0.15) is 0 Å². The van der Waals surface area contributed by atoms with Crippen LogP contribution in [-0.4, -0.2) is 50.5 Å². The van der Waals surface area contributed by atoms with Gasteiger partial charge in [0.2, 0.25) is 4.33 Å². The van der Waals surface area contributed by atoms with Crippen LogP contribution in [0.25, 0.3) is 0 Å². The molecular formula is C11H20N2O2S2. The number of nitrogens with zero attached hydrogens (tertiary/aromatic N) is 2. The van der Waals surface area contributed by atoms with Gasteiger partial charge >= 0.3 is 11.8 Å². The van der Waals surface area contributed by atoms with Gasteiger partial charge in [-0.1, -0.05) is 0 Å². The smallest absolute Gasteiger partial charge is 0.291 e. The third-order valence-corrected chi connectivity index (χ3v) is 5.64. The minimum absolute atomic E-state index is 0.00935. The summed E-state index contributed by atoms with van der Waals surface area (Å²) >= 11 is 3.07. The molecule has 0 aromatic rings. The number of hydrogen-bond acceptors (Lipinski definition) is 4. The fourth-order valence-electron chi connectivity index (χ4n) is 2.18. The fraction of sp³-hybridized carbons (Fsp3) is 0.818. The van der Waals surface area contributed by atoms with Gasteiger partial charge in [-0.25, -0.2) is 0 Å². The van der Waals surface area contributed by atoms with Gasteiger partial charge in [-0.05, 0) is 40.2 Å². The lowest BCUT2D eigenvalue weighted by Crippen LogP contribution is -2.53. The Kier molecular flexibility index (Phi) is 4.41. The second kappa shape index (κ2) is 5.10. The summed E-state index contributed by atoms with van der Waals surface area (Å²) in [7, 11) is 0. The van der Waals surface area contributed by atoms with E-state index in [9.17, 15) is 9.59 Å². The van der Waals surface area contributed by atoms with Crippen molar-refractivity contribution in [3.63, 3.8) is 0 Å². The largest absolute Gasteiger partial charge is 0.315 e. The Bertz CT molecular complexity index is 299. The van der Waals surface area contributed by atoms with E-state index in [1.165, 1.54) is 23.5 Å². The molecule has 0 N–H and O–H groups in total. The molecule has 1 aliphatic rings. The Balaban J connectivity index is 3.32. The summed E-state index contributed by atoms with van der Waals surface area (Å²) in [6.45, 7) is 7.76. The summed E-state index contributed by atoms with van der Waals surface area (Å²) in [5.74, 6) is -0.783. The van der Waals surface area contributed by atoms with Gasteiger partial charge in [0.1, 0.15) is 0 Å². The standard InChI is InChI=1S/C11H20N2O2S2/c1-7(2)12-9(14)10(15)13(8(3)4)11(12,16-5)17-6/h7-8H,1-6H3. The van der Waals surface area contributed by atoms with Crippen LogP contribution < -0.4 is 0 Å². The average molecular weight is 276 g/mol. The molecule has 0 aromatic heterocycles. The first-order chi connectivity index (χ1) is 7.83. The molecule has 0 unspecified atom stereocenters. The predicted octanol–water partition coefficient (Wildman–Crippen LogP) is 1.81. The molecule has 2 amide bonds. The van der Waals surface area contributed by atoms with Crippen LogP contribution in [0.15, 0.2) is 0 Å². The molecule has 1 saturated heterocycles. The monoisotopic (exact) mass is 276 g/mol. The summed E-state index contributed by atoms with van der Waals surface area (Å²) in [6, 6.07) is 0.0187. The zero-order chi connectivity index (χ0) is 13.4. The number of carbonyl (C=O) groups is 2. The van der Waals surface area contributed by atoms with Gasteiger partial charge in [-0.3, -0.25) is 19.4 Å². The lowest BCUT2D eigenvalue weighted by molar-refractivity contribution is -0.144. The molecule has 0 spiro atoms. The zero-order valence-electron chi connectivity index (χ0n) is 11.2. The molecule has 0 aromatic carbocycles. The molecule has 4 nitrogen and oxygen atoms in total. The molecule has 0 aliphatic carbocycles. The van der Waals surface area contributed by atoms with Crippen LogP contribution in [-0.2, 0) is 9.59 Å². The Morgan fingerprint density at radius 2 is 1.18 bits per heavy atom. The van der Waals surface area contributed by atoms with Crippen molar-refractivity contribution < 1.29 is 9.59 Å². The van der Waals surface area contributed by atoms with Crippen molar-refractivity contribution >= 4 is 35.3 Å². The normalized spacial score (nSPS) is 20.0. The first kappa shape index (κ1) is 14.7. The maximum absolute atomic E-state index is 12.1. The lowest BCUT2D eigenvalue weighted by atomic mass is 10.3. The molecule has 1 fully saturated rings. The van der Waals surface area contributed by atoms with Crippen molar-refractivity contribution in [2.24, 2.45) is 0 Å². The van der Waals surface area contributed by atoms with Crippen molar-refractivity contribution in [1.29, 1.82) is 0 Å². The molecule has 1 aliphatic heterocycles. The summed E-state index contributed by atoms with van der Waals surface area (Å²) in [5, 5.41) is 0.